The predicted molar refractivity (Wildman–Crippen MR) is 63.0 cm³/mol. The van der Waals surface area contributed by atoms with E-state index in [2.05, 4.69) is 31.9 Å². The van der Waals surface area contributed by atoms with E-state index in [4.69, 9.17) is 4.74 Å². The third kappa shape index (κ3) is 2.58. The van der Waals surface area contributed by atoms with Gasteiger partial charge in [-0.3, -0.25) is 4.79 Å². The molecule has 0 aromatic heterocycles. The minimum atomic E-state index is -0.00664. The Morgan fingerprint density at radius 1 is 1.43 bits per heavy atom. The molecule has 0 aliphatic carbocycles. The zero-order chi connectivity index (χ0) is 10.7. The summed E-state index contributed by atoms with van der Waals surface area (Å²) in [6.45, 7) is 3.96. The molecule has 0 fully saturated rings. The minimum absolute atomic E-state index is 0.00664. The van der Waals surface area contributed by atoms with Crippen molar-refractivity contribution in [2.45, 2.75) is 13.8 Å². The van der Waals surface area contributed by atoms with Crippen LogP contribution in [0.5, 0.6) is 5.75 Å². The SMILES string of the molecule is CCOc1cc(Br)cc(Br)c1C(C)=O. The second kappa shape index (κ2) is 4.94. The van der Waals surface area contributed by atoms with Crippen molar-refractivity contribution in [2.75, 3.05) is 6.61 Å². The van der Waals surface area contributed by atoms with Crippen LogP contribution in [0.4, 0.5) is 0 Å². The summed E-state index contributed by atoms with van der Waals surface area (Å²) < 4.78 is 7.02. The number of hydrogen-bond donors (Lipinski definition) is 0. The molecule has 0 heterocycles. The average Bonchev–Trinajstić information content (AvgIpc) is 2.01. The molecule has 0 unspecified atom stereocenters. The van der Waals surface area contributed by atoms with Crippen LogP contribution in [-0.4, -0.2) is 12.4 Å². The zero-order valence-corrected chi connectivity index (χ0v) is 11.1. The molecular weight excluding hydrogens is 312 g/mol. The second-order valence-electron chi connectivity index (χ2n) is 2.75. The van der Waals surface area contributed by atoms with Gasteiger partial charge in [0.2, 0.25) is 0 Å². The number of ketones is 1. The monoisotopic (exact) mass is 320 g/mol. The number of rotatable bonds is 3. The maximum Gasteiger partial charge on any atom is 0.164 e. The molecule has 1 rings (SSSR count). The predicted octanol–water partition coefficient (Wildman–Crippen LogP) is 3.81. The maximum absolute atomic E-state index is 11.3. The fraction of sp³-hybridized carbons (Fsp3) is 0.300. The Hall–Kier alpha value is -0.350. The Labute approximate surface area is 99.9 Å². The molecule has 0 aliphatic heterocycles. The van der Waals surface area contributed by atoms with E-state index < -0.39 is 0 Å². The third-order valence-corrected chi connectivity index (χ3v) is 2.75. The van der Waals surface area contributed by atoms with Gasteiger partial charge in [-0.05, 0) is 41.9 Å². The van der Waals surface area contributed by atoms with Gasteiger partial charge in [0, 0.05) is 8.95 Å². The molecule has 0 atom stereocenters. The molecule has 0 amide bonds. The van der Waals surface area contributed by atoms with Gasteiger partial charge in [0.15, 0.2) is 5.78 Å². The molecule has 14 heavy (non-hydrogen) atoms. The highest BCUT2D eigenvalue weighted by Crippen LogP contribution is 2.31. The lowest BCUT2D eigenvalue weighted by atomic mass is 10.1. The zero-order valence-electron chi connectivity index (χ0n) is 7.93. The summed E-state index contributed by atoms with van der Waals surface area (Å²) in [4.78, 5) is 11.3. The number of carbonyl (C=O) groups is 1. The van der Waals surface area contributed by atoms with Crippen LogP contribution in [0.25, 0.3) is 0 Å². The lowest BCUT2D eigenvalue weighted by Crippen LogP contribution is -2.01. The van der Waals surface area contributed by atoms with Gasteiger partial charge in [-0.15, -0.1) is 0 Å². The van der Waals surface area contributed by atoms with Crippen LogP contribution in [0.3, 0.4) is 0 Å². The number of benzene rings is 1. The molecule has 1 aromatic carbocycles. The first-order valence-electron chi connectivity index (χ1n) is 4.19. The van der Waals surface area contributed by atoms with E-state index in [0.717, 1.165) is 8.95 Å². The molecule has 0 N–H and O–H groups in total. The molecule has 0 spiro atoms. The molecular formula is C10H10Br2O2. The first kappa shape index (κ1) is 11.7. The Morgan fingerprint density at radius 2 is 2.07 bits per heavy atom. The van der Waals surface area contributed by atoms with Crippen LogP contribution < -0.4 is 4.74 Å². The average molecular weight is 322 g/mol. The van der Waals surface area contributed by atoms with Gasteiger partial charge in [0.25, 0.3) is 0 Å². The van der Waals surface area contributed by atoms with Crippen LogP contribution in [0.2, 0.25) is 0 Å². The van der Waals surface area contributed by atoms with Gasteiger partial charge in [-0.1, -0.05) is 15.9 Å². The van der Waals surface area contributed by atoms with Crippen molar-refractivity contribution in [2.24, 2.45) is 0 Å². The van der Waals surface area contributed by atoms with E-state index >= 15 is 0 Å². The molecule has 0 saturated carbocycles. The van der Waals surface area contributed by atoms with Gasteiger partial charge in [0.1, 0.15) is 5.75 Å². The number of carbonyl (C=O) groups excluding carboxylic acids is 1. The summed E-state index contributed by atoms with van der Waals surface area (Å²) in [7, 11) is 0. The fourth-order valence-corrected chi connectivity index (χ4v) is 2.63. The summed E-state index contributed by atoms with van der Waals surface area (Å²) in [5.74, 6) is 0.606. The van der Waals surface area contributed by atoms with Crippen LogP contribution in [-0.2, 0) is 0 Å². The molecule has 4 heteroatoms. The minimum Gasteiger partial charge on any atom is -0.493 e. The highest BCUT2D eigenvalue weighted by molar-refractivity contribution is 9.11. The van der Waals surface area contributed by atoms with Crippen LogP contribution in [0, 0.1) is 0 Å². The molecule has 0 aliphatic rings. The van der Waals surface area contributed by atoms with Crippen molar-refractivity contribution in [1.82, 2.24) is 0 Å². The Morgan fingerprint density at radius 3 is 2.57 bits per heavy atom. The van der Waals surface area contributed by atoms with Crippen molar-refractivity contribution in [1.29, 1.82) is 0 Å². The smallest absolute Gasteiger partial charge is 0.164 e. The fourth-order valence-electron chi connectivity index (χ4n) is 1.16. The molecule has 2 nitrogen and oxygen atoms in total. The van der Waals surface area contributed by atoms with Gasteiger partial charge < -0.3 is 4.74 Å². The molecule has 0 radical (unpaired) electrons. The summed E-state index contributed by atoms with van der Waals surface area (Å²) in [6, 6.07) is 3.63. The van der Waals surface area contributed by atoms with Crippen molar-refractivity contribution >= 4 is 37.6 Å². The van der Waals surface area contributed by atoms with Crippen molar-refractivity contribution in [3.05, 3.63) is 26.6 Å². The Bertz CT molecular complexity index is 361. The largest absolute Gasteiger partial charge is 0.493 e. The molecule has 76 valence electrons. The topological polar surface area (TPSA) is 26.3 Å². The van der Waals surface area contributed by atoms with Crippen molar-refractivity contribution in [3.8, 4) is 5.75 Å². The number of ether oxygens (including phenoxy) is 1. The third-order valence-electron chi connectivity index (χ3n) is 1.67. The summed E-state index contributed by atoms with van der Waals surface area (Å²) >= 11 is 6.68. The van der Waals surface area contributed by atoms with Crippen LogP contribution in [0.1, 0.15) is 24.2 Å². The van der Waals surface area contributed by atoms with Gasteiger partial charge >= 0.3 is 0 Å². The standard InChI is InChI=1S/C10H10Br2O2/c1-3-14-9-5-7(11)4-8(12)10(9)6(2)13/h4-5H,3H2,1-2H3. The summed E-state index contributed by atoms with van der Waals surface area (Å²) in [6.07, 6.45) is 0. The highest BCUT2D eigenvalue weighted by Gasteiger charge is 2.13. The van der Waals surface area contributed by atoms with E-state index in [9.17, 15) is 4.79 Å². The van der Waals surface area contributed by atoms with E-state index in [1.54, 1.807) is 6.07 Å². The van der Waals surface area contributed by atoms with Crippen molar-refractivity contribution < 1.29 is 9.53 Å². The van der Waals surface area contributed by atoms with Gasteiger partial charge in [0.05, 0.1) is 12.2 Å². The summed E-state index contributed by atoms with van der Waals surface area (Å²) in [5, 5.41) is 0. The number of halogens is 2. The Balaban J connectivity index is 3.28. The van der Waals surface area contributed by atoms with Gasteiger partial charge in [-0.2, -0.15) is 0 Å². The van der Waals surface area contributed by atoms with Crippen LogP contribution >= 0.6 is 31.9 Å². The first-order chi connectivity index (χ1) is 6.56. The lowest BCUT2D eigenvalue weighted by Gasteiger charge is -2.10. The van der Waals surface area contributed by atoms with E-state index in [1.807, 2.05) is 13.0 Å². The number of Topliss-reactive ketones (excluding diaryl/α,β-unsaturated/α-hetero) is 1. The quantitative estimate of drug-likeness (QED) is 0.791. The first-order valence-corrected chi connectivity index (χ1v) is 5.77. The lowest BCUT2D eigenvalue weighted by molar-refractivity contribution is 0.101. The number of hydrogen-bond acceptors (Lipinski definition) is 2. The molecule has 1 aromatic rings. The van der Waals surface area contributed by atoms with E-state index in [0.29, 0.717) is 17.9 Å². The van der Waals surface area contributed by atoms with Gasteiger partial charge in [-0.25, -0.2) is 0 Å². The normalized spacial score (nSPS) is 10.0. The maximum atomic E-state index is 11.3. The molecule has 0 saturated heterocycles. The van der Waals surface area contributed by atoms with Crippen LogP contribution in [0.15, 0.2) is 21.1 Å². The van der Waals surface area contributed by atoms with Crippen molar-refractivity contribution in [3.63, 3.8) is 0 Å². The van der Waals surface area contributed by atoms with E-state index in [1.165, 1.54) is 6.92 Å². The molecule has 0 bridgehead atoms. The second-order valence-corrected chi connectivity index (χ2v) is 4.52. The highest BCUT2D eigenvalue weighted by atomic mass is 79.9. The summed E-state index contributed by atoms with van der Waals surface area (Å²) in [5.41, 5.74) is 0.593. The van der Waals surface area contributed by atoms with E-state index in [-0.39, 0.29) is 5.78 Å². The Kier molecular flexibility index (Phi) is 4.13.